The maximum atomic E-state index is 11.9. The Hall–Kier alpha value is -1.55. The molecule has 2 rings (SSSR count). The lowest BCUT2D eigenvalue weighted by Gasteiger charge is -2.05. The minimum absolute atomic E-state index is 0.0113. The van der Waals surface area contributed by atoms with E-state index in [1.54, 1.807) is 24.3 Å². The lowest BCUT2D eigenvalue weighted by atomic mass is 10.2. The van der Waals surface area contributed by atoms with Crippen molar-refractivity contribution in [3.05, 3.63) is 29.8 Å². The summed E-state index contributed by atoms with van der Waals surface area (Å²) in [6, 6.07) is 7.54. The molecule has 1 saturated carbocycles. The molecule has 92 valence electrons. The Balaban J connectivity index is 1.87. The SMILES string of the molecule is CCCC1CC1NC(=O)c1ccc(NN)cc1. The maximum absolute atomic E-state index is 11.9. The molecule has 0 saturated heterocycles. The van der Waals surface area contributed by atoms with Crippen LogP contribution in [0.3, 0.4) is 0 Å². The molecule has 4 heteroatoms. The van der Waals surface area contributed by atoms with Crippen molar-refractivity contribution in [3.8, 4) is 0 Å². The quantitative estimate of drug-likeness (QED) is 0.537. The van der Waals surface area contributed by atoms with E-state index in [-0.39, 0.29) is 5.91 Å². The van der Waals surface area contributed by atoms with Gasteiger partial charge in [-0.3, -0.25) is 10.6 Å². The topological polar surface area (TPSA) is 67.2 Å². The third kappa shape index (κ3) is 2.97. The zero-order chi connectivity index (χ0) is 12.3. The average Bonchev–Trinajstić information content (AvgIpc) is 3.08. The van der Waals surface area contributed by atoms with Gasteiger partial charge in [-0.1, -0.05) is 13.3 Å². The molecule has 1 aromatic carbocycles. The van der Waals surface area contributed by atoms with E-state index in [0.29, 0.717) is 17.5 Å². The highest BCUT2D eigenvalue weighted by Gasteiger charge is 2.37. The van der Waals surface area contributed by atoms with E-state index in [0.717, 1.165) is 12.1 Å². The summed E-state index contributed by atoms with van der Waals surface area (Å²) in [6.45, 7) is 2.18. The molecular weight excluding hydrogens is 214 g/mol. The summed E-state index contributed by atoms with van der Waals surface area (Å²) in [4.78, 5) is 11.9. The van der Waals surface area contributed by atoms with Crippen molar-refractivity contribution in [2.45, 2.75) is 32.2 Å². The summed E-state index contributed by atoms with van der Waals surface area (Å²) in [5.74, 6) is 5.97. The number of hydrazine groups is 1. The zero-order valence-corrected chi connectivity index (χ0v) is 10.1. The van der Waals surface area contributed by atoms with E-state index in [1.165, 1.54) is 12.8 Å². The summed E-state index contributed by atoms with van der Waals surface area (Å²) in [5.41, 5.74) is 4.03. The molecule has 4 nitrogen and oxygen atoms in total. The minimum Gasteiger partial charge on any atom is -0.349 e. The highest BCUT2D eigenvalue weighted by molar-refractivity contribution is 5.94. The van der Waals surface area contributed by atoms with Crippen LogP contribution in [0.5, 0.6) is 0 Å². The smallest absolute Gasteiger partial charge is 0.251 e. The number of amides is 1. The van der Waals surface area contributed by atoms with Crippen LogP contribution in [0.25, 0.3) is 0 Å². The molecule has 17 heavy (non-hydrogen) atoms. The monoisotopic (exact) mass is 233 g/mol. The first-order valence-corrected chi connectivity index (χ1v) is 6.12. The van der Waals surface area contributed by atoms with Gasteiger partial charge >= 0.3 is 0 Å². The fraction of sp³-hybridized carbons (Fsp3) is 0.462. The zero-order valence-electron chi connectivity index (χ0n) is 10.1. The molecule has 0 spiro atoms. The molecule has 1 aromatic rings. The number of nitrogen functional groups attached to an aromatic ring is 1. The van der Waals surface area contributed by atoms with E-state index in [4.69, 9.17) is 5.84 Å². The van der Waals surface area contributed by atoms with E-state index in [1.807, 2.05) is 0 Å². The van der Waals surface area contributed by atoms with Crippen molar-refractivity contribution in [1.82, 2.24) is 5.32 Å². The van der Waals surface area contributed by atoms with Crippen molar-refractivity contribution in [1.29, 1.82) is 0 Å². The number of benzene rings is 1. The third-order valence-corrected chi connectivity index (χ3v) is 3.21. The predicted molar refractivity (Wildman–Crippen MR) is 68.5 cm³/mol. The van der Waals surface area contributed by atoms with Gasteiger partial charge < -0.3 is 10.7 Å². The first-order valence-electron chi connectivity index (χ1n) is 6.12. The minimum atomic E-state index is 0.0113. The number of hydrogen-bond acceptors (Lipinski definition) is 3. The van der Waals surface area contributed by atoms with Crippen LogP contribution in [0.15, 0.2) is 24.3 Å². The Morgan fingerprint density at radius 2 is 2.12 bits per heavy atom. The Labute approximate surface area is 102 Å². The summed E-state index contributed by atoms with van der Waals surface area (Å²) in [5, 5.41) is 3.05. The van der Waals surface area contributed by atoms with E-state index >= 15 is 0 Å². The number of hydrogen-bond donors (Lipinski definition) is 3. The van der Waals surface area contributed by atoms with Crippen LogP contribution >= 0.6 is 0 Å². The number of nitrogens with one attached hydrogen (secondary N) is 2. The van der Waals surface area contributed by atoms with Crippen molar-refractivity contribution >= 4 is 11.6 Å². The van der Waals surface area contributed by atoms with E-state index < -0.39 is 0 Å². The van der Waals surface area contributed by atoms with Crippen LogP contribution < -0.4 is 16.6 Å². The molecule has 0 aliphatic heterocycles. The third-order valence-electron chi connectivity index (χ3n) is 3.21. The Morgan fingerprint density at radius 1 is 1.41 bits per heavy atom. The second kappa shape index (κ2) is 5.19. The molecule has 2 unspecified atom stereocenters. The van der Waals surface area contributed by atoms with E-state index in [2.05, 4.69) is 17.7 Å². The highest BCUT2D eigenvalue weighted by Crippen LogP contribution is 2.34. The second-order valence-electron chi connectivity index (χ2n) is 4.59. The summed E-state index contributed by atoms with van der Waals surface area (Å²) >= 11 is 0. The molecule has 4 N–H and O–H groups in total. The van der Waals surface area contributed by atoms with Crippen LogP contribution in [0, 0.1) is 5.92 Å². The van der Waals surface area contributed by atoms with Gasteiger partial charge in [-0.25, -0.2) is 0 Å². The van der Waals surface area contributed by atoms with Crippen molar-refractivity contribution in [2.75, 3.05) is 5.43 Å². The van der Waals surface area contributed by atoms with Crippen LogP contribution in [-0.4, -0.2) is 11.9 Å². The van der Waals surface area contributed by atoms with Crippen molar-refractivity contribution < 1.29 is 4.79 Å². The molecule has 1 aliphatic carbocycles. The van der Waals surface area contributed by atoms with Crippen LogP contribution in [-0.2, 0) is 0 Å². The summed E-state index contributed by atoms with van der Waals surface area (Å²) < 4.78 is 0. The van der Waals surface area contributed by atoms with Gasteiger partial charge in [-0.2, -0.15) is 0 Å². The Morgan fingerprint density at radius 3 is 2.71 bits per heavy atom. The van der Waals surface area contributed by atoms with Gasteiger partial charge in [0.25, 0.3) is 5.91 Å². The first-order chi connectivity index (χ1) is 8.24. The summed E-state index contributed by atoms with van der Waals surface area (Å²) in [6.07, 6.45) is 3.52. The molecular formula is C13H19N3O. The van der Waals surface area contributed by atoms with Crippen LogP contribution in [0.1, 0.15) is 36.5 Å². The molecule has 0 bridgehead atoms. The number of carbonyl (C=O) groups is 1. The molecule has 1 amide bonds. The van der Waals surface area contributed by atoms with Crippen LogP contribution in [0.2, 0.25) is 0 Å². The lowest BCUT2D eigenvalue weighted by Crippen LogP contribution is -2.26. The molecule has 1 aliphatic rings. The molecule has 2 atom stereocenters. The van der Waals surface area contributed by atoms with Gasteiger partial charge in [-0.05, 0) is 43.0 Å². The fourth-order valence-corrected chi connectivity index (χ4v) is 2.08. The fourth-order valence-electron chi connectivity index (χ4n) is 2.08. The highest BCUT2D eigenvalue weighted by atomic mass is 16.1. The molecule has 0 radical (unpaired) electrons. The maximum Gasteiger partial charge on any atom is 0.251 e. The van der Waals surface area contributed by atoms with Gasteiger partial charge in [0.2, 0.25) is 0 Å². The van der Waals surface area contributed by atoms with Gasteiger partial charge in [-0.15, -0.1) is 0 Å². The largest absolute Gasteiger partial charge is 0.349 e. The normalized spacial score (nSPS) is 22.0. The van der Waals surface area contributed by atoms with Gasteiger partial charge in [0, 0.05) is 17.3 Å². The van der Waals surface area contributed by atoms with Crippen molar-refractivity contribution in [2.24, 2.45) is 11.8 Å². The molecule has 0 heterocycles. The predicted octanol–water partition coefficient (Wildman–Crippen LogP) is 1.89. The lowest BCUT2D eigenvalue weighted by molar-refractivity contribution is 0.0949. The first kappa shape index (κ1) is 11.9. The number of rotatable bonds is 5. The average molecular weight is 233 g/mol. The van der Waals surface area contributed by atoms with Crippen LogP contribution in [0.4, 0.5) is 5.69 Å². The number of carbonyl (C=O) groups excluding carboxylic acids is 1. The van der Waals surface area contributed by atoms with E-state index in [9.17, 15) is 4.79 Å². The van der Waals surface area contributed by atoms with Gasteiger partial charge in [0.1, 0.15) is 0 Å². The molecule has 0 aromatic heterocycles. The Bertz CT molecular complexity index is 388. The van der Waals surface area contributed by atoms with Gasteiger partial charge in [0.05, 0.1) is 0 Å². The second-order valence-corrected chi connectivity index (χ2v) is 4.59. The van der Waals surface area contributed by atoms with Gasteiger partial charge in [0.15, 0.2) is 0 Å². The standard InChI is InChI=1S/C13H19N3O/c1-2-3-10-8-12(10)15-13(17)9-4-6-11(16-14)7-5-9/h4-7,10,12,16H,2-3,8,14H2,1H3,(H,15,17). The number of anilines is 1. The number of nitrogens with two attached hydrogens (primary N) is 1. The summed E-state index contributed by atoms with van der Waals surface area (Å²) in [7, 11) is 0. The molecule has 1 fully saturated rings. The Kier molecular flexibility index (Phi) is 3.64. The van der Waals surface area contributed by atoms with Crippen molar-refractivity contribution in [3.63, 3.8) is 0 Å².